The second-order valence-electron chi connectivity index (χ2n) is 9.18. The molecule has 1 aliphatic rings. The third kappa shape index (κ3) is 4.20. The maximum absolute atomic E-state index is 13.7. The average Bonchev–Trinajstić information content (AvgIpc) is 3.24. The van der Waals surface area contributed by atoms with E-state index in [1.807, 2.05) is 78.9 Å². The lowest BCUT2D eigenvalue weighted by Crippen LogP contribution is -2.29. The summed E-state index contributed by atoms with van der Waals surface area (Å²) in [5.41, 5.74) is 3.24. The van der Waals surface area contributed by atoms with Crippen molar-refractivity contribution in [3.05, 3.63) is 141 Å². The van der Waals surface area contributed by atoms with Gasteiger partial charge in [-0.25, -0.2) is 0 Å². The van der Waals surface area contributed by atoms with Crippen molar-refractivity contribution in [3.63, 3.8) is 0 Å². The molecule has 1 atom stereocenters. The van der Waals surface area contributed by atoms with Crippen molar-refractivity contribution >= 4 is 16.9 Å². The first-order chi connectivity index (χ1) is 18.6. The number of methoxy groups -OCH3 is 1. The summed E-state index contributed by atoms with van der Waals surface area (Å²) < 4.78 is 17.8. The molecule has 0 radical (unpaired) electrons. The minimum Gasteiger partial charge on any atom is -0.493 e. The lowest BCUT2D eigenvalue weighted by atomic mass is 9.97. The average molecular weight is 504 g/mol. The highest BCUT2D eigenvalue weighted by Crippen LogP contribution is 2.41. The maximum atomic E-state index is 13.7. The fraction of sp³-hybridized carbons (Fsp3) is 0.125. The van der Waals surface area contributed by atoms with Crippen molar-refractivity contribution in [3.8, 4) is 11.5 Å². The van der Waals surface area contributed by atoms with Crippen LogP contribution in [-0.2, 0) is 13.2 Å². The van der Waals surface area contributed by atoms with Crippen molar-refractivity contribution in [1.82, 2.24) is 4.90 Å². The van der Waals surface area contributed by atoms with Crippen LogP contribution < -0.4 is 14.9 Å². The first-order valence-electron chi connectivity index (χ1n) is 12.4. The van der Waals surface area contributed by atoms with E-state index >= 15 is 0 Å². The Kier molecular flexibility index (Phi) is 6.14. The first-order valence-corrected chi connectivity index (χ1v) is 12.4. The Morgan fingerprint density at radius 1 is 0.789 bits per heavy atom. The number of rotatable bonds is 7. The van der Waals surface area contributed by atoms with E-state index in [-0.39, 0.29) is 17.1 Å². The van der Waals surface area contributed by atoms with Gasteiger partial charge in [-0.15, -0.1) is 0 Å². The van der Waals surface area contributed by atoms with Gasteiger partial charge in [0.25, 0.3) is 5.91 Å². The van der Waals surface area contributed by atoms with Gasteiger partial charge in [-0.05, 0) is 41.0 Å². The third-order valence-corrected chi connectivity index (χ3v) is 6.81. The van der Waals surface area contributed by atoms with Crippen LogP contribution >= 0.6 is 0 Å². The Morgan fingerprint density at radius 3 is 2.21 bits per heavy atom. The predicted octanol–water partition coefficient (Wildman–Crippen LogP) is 6.13. The van der Waals surface area contributed by atoms with Crippen LogP contribution in [0.3, 0.4) is 0 Å². The molecule has 6 nitrogen and oxygen atoms in total. The molecule has 1 amide bonds. The van der Waals surface area contributed by atoms with Gasteiger partial charge >= 0.3 is 0 Å². The van der Waals surface area contributed by atoms with Gasteiger partial charge in [-0.2, -0.15) is 0 Å². The fourth-order valence-corrected chi connectivity index (χ4v) is 4.97. The smallest absolute Gasteiger partial charge is 0.291 e. The fourth-order valence-electron chi connectivity index (χ4n) is 4.97. The second kappa shape index (κ2) is 9.90. The summed E-state index contributed by atoms with van der Waals surface area (Å²) in [7, 11) is 1.58. The molecule has 6 heteroatoms. The highest BCUT2D eigenvalue weighted by Gasteiger charge is 2.43. The molecule has 5 aromatic rings. The molecular weight excluding hydrogens is 478 g/mol. The molecule has 2 heterocycles. The summed E-state index contributed by atoms with van der Waals surface area (Å²) >= 11 is 0. The zero-order chi connectivity index (χ0) is 26.1. The molecule has 0 fully saturated rings. The molecule has 1 aromatic heterocycles. The molecule has 0 saturated heterocycles. The van der Waals surface area contributed by atoms with E-state index in [9.17, 15) is 9.59 Å². The van der Waals surface area contributed by atoms with Crippen LogP contribution in [-0.4, -0.2) is 17.9 Å². The number of hydrogen-bond donors (Lipinski definition) is 0. The predicted molar refractivity (Wildman–Crippen MR) is 144 cm³/mol. The SMILES string of the molecule is COc1cc(C2c3c(oc4ccccc4c3=O)C(=O)N2Cc2ccccc2)ccc1OCc1ccccc1. The second-order valence-corrected chi connectivity index (χ2v) is 9.18. The van der Waals surface area contributed by atoms with E-state index in [2.05, 4.69) is 0 Å². The van der Waals surface area contributed by atoms with Gasteiger partial charge in [0.15, 0.2) is 16.9 Å². The largest absolute Gasteiger partial charge is 0.493 e. The molecule has 4 aromatic carbocycles. The van der Waals surface area contributed by atoms with Gasteiger partial charge in [0, 0.05) is 6.54 Å². The first kappa shape index (κ1) is 23.6. The Labute approximate surface area is 219 Å². The number of carbonyl (C=O) groups is 1. The molecule has 0 bridgehead atoms. The number of fused-ring (bicyclic) bond motifs is 2. The van der Waals surface area contributed by atoms with Crippen molar-refractivity contribution in [1.29, 1.82) is 0 Å². The number of para-hydroxylation sites is 1. The van der Waals surface area contributed by atoms with Crippen LogP contribution in [0.2, 0.25) is 0 Å². The highest BCUT2D eigenvalue weighted by molar-refractivity contribution is 5.99. The van der Waals surface area contributed by atoms with Gasteiger partial charge in [0.05, 0.1) is 24.1 Å². The highest BCUT2D eigenvalue weighted by atomic mass is 16.5. The van der Waals surface area contributed by atoms with E-state index in [0.717, 1.165) is 16.7 Å². The number of carbonyl (C=O) groups excluding carboxylic acids is 1. The summed E-state index contributed by atoms with van der Waals surface area (Å²) in [5.74, 6) is 0.854. The lowest BCUT2D eigenvalue weighted by molar-refractivity contribution is 0.0714. The number of benzene rings is 4. The molecular formula is C32H25NO5. The topological polar surface area (TPSA) is 69.0 Å². The quantitative estimate of drug-likeness (QED) is 0.267. The third-order valence-electron chi connectivity index (χ3n) is 6.81. The summed E-state index contributed by atoms with van der Waals surface area (Å²) in [6.45, 7) is 0.704. The number of hydrogen-bond acceptors (Lipinski definition) is 5. The zero-order valence-corrected chi connectivity index (χ0v) is 20.8. The van der Waals surface area contributed by atoms with E-state index in [1.54, 1.807) is 36.3 Å². The van der Waals surface area contributed by atoms with Crippen LogP contribution in [0.15, 0.2) is 112 Å². The molecule has 0 spiro atoms. The lowest BCUT2D eigenvalue weighted by Gasteiger charge is -2.26. The van der Waals surface area contributed by atoms with Crippen molar-refractivity contribution < 1.29 is 18.7 Å². The Bertz CT molecular complexity index is 1680. The zero-order valence-electron chi connectivity index (χ0n) is 20.8. The molecule has 6 rings (SSSR count). The van der Waals surface area contributed by atoms with Gasteiger partial charge in [-0.3, -0.25) is 9.59 Å². The Morgan fingerprint density at radius 2 is 1.47 bits per heavy atom. The normalized spacial score (nSPS) is 14.5. The van der Waals surface area contributed by atoms with Gasteiger partial charge in [0.2, 0.25) is 5.76 Å². The van der Waals surface area contributed by atoms with Crippen molar-refractivity contribution in [2.75, 3.05) is 7.11 Å². The monoisotopic (exact) mass is 503 g/mol. The van der Waals surface area contributed by atoms with Crippen LogP contribution in [0.25, 0.3) is 11.0 Å². The molecule has 0 aliphatic carbocycles. The Balaban J connectivity index is 1.44. The minimum absolute atomic E-state index is 0.0815. The van der Waals surface area contributed by atoms with E-state index in [1.165, 1.54) is 0 Å². The number of ether oxygens (including phenoxy) is 2. The van der Waals surface area contributed by atoms with Gasteiger partial charge in [0.1, 0.15) is 12.2 Å². The molecule has 38 heavy (non-hydrogen) atoms. The van der Waals surface area contributed by atoms with E-state index in [0.29, 0.717) is 41.2 Å². The van der Waals surface area contributed by atoms with Gasteiger partial charge in [-0.1, -0.05) is 78.9 Å². The molecule has 1 unspecified atom stereocenters. The van der Waals surface area contributed by atoms with Gasteiger partial charge < -0.3 is 18.8 Å². The van der Waals surface area contributed by atoms with E-state index < -0.39 is 6.04 Å². The number of nitrogens with zero attached hydrogens (tertiary/aromatic N) is 1. The molecule has 1 aliphatic heterocycles. The standard InChI is InChI=1S/C32H25NO5/c1-36-27-18-23(16-17-26(27)37-20-22-12-6-3-7-13-22)29-28-30(34)24-14-8-9-15-25(24)38-31(28)32(35)33(29)19-21-10-4-2-5-11-21/h2-18,29H,19-20H2,1H3. The summed E-state index contributed by atoms with van der Waals surface area (Å²) in [6.07, 6.45) is 0. The summed E-state index contributed by atoms with van der Waals surface area (Å²) in [5, 5.41) is 0.445. The van der Waals surface area contributed by atoms with Crippen molar-refractivity contribution in [2.24, 2.45) is 0 Å². The van der Waals surface area contributed by atoms with E-state index in [4.69, 9.17) is 13.9 Å². The van der Waals surface area contributed by atoms with Crippen LogP contribution in [0.5, 0.6) is 11.5 Å². The minimum atomic E-state index is -0.643. The molecule has 0 N–H and O–H groups in total. The van der Waals surface area contributed by atoms with Crippen molar-refractivity contribution in [2.45, 2.75) is 19.2 Å². The number of amides is 1. The van der Waals surface area contributed by atoms with Crippen LogP contribution in [0, 0.1) is 0 Å². The summed E-state index contributed by atoms with van der Waals surface area (Å²) in [6, 6.07) is 31.5. The Hall–Kier alpha value is -4.84. The maximum Gasteiger partial charge on any atom is 0.291 e. The molecule has 0 saturated carbocycles. The van der Waals surface area contributed by atoms with Crippen LogP contribution in [0.4, 0.5) is 0 Å². The molecule has 188 valence electrons. The summed E-state index contributed by atoms with van der Waals surface area (Å²) in [4.78, 5) is 29.1. The van der Waals surface area contributed by atoms with Crippen LogP contribution in [0.1, 0.15) is 38.9 Å².